The first kappa shape index (κ1) is 25.7. The van der Waals surface area contributed by atoms with E-state index in [9.17, 15) is 9.59 Å². The van der Waals surface area contributed by atoms with Gasteiger partial charge < -0.3 is 14.4 Å². The average molecular weight is 440 g/mol. The summed E-state index contributed by atoms with van der Waals surface area (Å²) in [6, 6.07) is 11.9. The van der Waals surface area contributed by atoms with Crippen LogP contribution in [-0.4, -0.2) is 45.8 Å². The molecular formula is C27H41N3O2. The maximum atomic E-state index is 13.3. The Hall–Kier alpha value is -2.56. The second kappa shape index (κ2) is 13.1. The molecule has 0 aliphatic heterocycles. The van der Waals surface area contributed by atoms with Crippen LogP contribution in [0.1, 0.15) is 75.0 Å². The van der Waals surface area contributed by atoms with Gasteiger partial charge in [0, 0.05) is 37.6 Å². The van der Waals surface area contributed by atoms with Crippen molar-refractivity contribution in [3.8, 4) is 0 Å². The molecule has 2 amide bonds. The highest BCUT2D eigenvalue weighted by Gasteiger charge is 2.23. The molecule has 5 heteroatoms. The van der Waals surface area contributed by atoms with Crippen molar-refractivity contribution >= 4 is 11.8 Å². The van der Waals surface area contributed by atoms with Gasteiger partial charge in [0.15, 0.2) is 0 Å². The van der Waals surface area contributed by atoms with Crippen LogP contribution in [0.4, 0.5) is 0 Å². The quantitative estimate of drug-likeness (QED) is 0.425. The number of hydrogen-bond acceptors (Lipinski definition) is 2. The lowest BCUT2D eigenvalue weighted by Gasteiger charge is -2.29. The predicted octanol–water partition coefficient (Wildman–Crippen LogP) is 5.29. The molecule has 0 bridgehead atoms. The fourth-order valence-corrected chi connectivity index (χ4v) is 3.79. The summed E-state index contributed by atoms with van der Waals surface area (Å²) in [6.45, 7) is 10.5. The van der Waals surface area contributed by atoms with E-state index in [0.29, 0.717) is 31.1 Å². The first-order valence-electron chi connectivity index (χ1n) is 12.1. The number of benzene rings is 1. The van der Waals surface area contributed by atoms with Gasteiger partial charge in [0.1, 0.15) is 6.54 Å². The predicted molar refractivity (Wildman–Crippen MR) is 132 cm³/mol. The van der Waals surface area contributed by atoms with Crippen LogP contribution in [0.15, 0.2) is 42.6 Å². The number of aryl methyl sites for hydroxylation is 2. The molecular weight excluding hydrogens is 398 g/mol. The Morgan fingerprint density at radius 1 is 0.969 bits per heavy atom. The monoisotopic (exact) mass is 439 g/mol. The summed E-state index contributed by atoms with van der Waals surface area (Å²) in [4.78, 5) is 30.2. The van der Waals surface area contributed by atoms with Crippen LogP contribution in [0.5, 0.6) is 0 Å². The molecule has 0 aliphatic carbocycles. The van der Waals surface area contributed by atoms with Crippen molar-refractivity contribution < 1.29 is 9.59 Å². The molecule has 5 nitrogen and oxygen atoms in total. The Kier molecular flexibility index (Phi) is 10.5. The van der Waals surface area contributed by atoms with E-state index < -0.39 is 0 Å². The Bertz CT molecular complexity index is 839. The lowest BCUT2D eigenvalue weighted by molar-refractivity contribution is -0.133. The molecule has 0 N–H and O–H groups in total. The smallest absolute Gasteiger partial charge is 0.254 e. The summed E-state index contributed by atoms with van der Waals surface area (Å²) in [5, 5.41) is 0. The van der Waals surface area contributed by atoms with Crippen molar-refractivity contribution in [2.75, 3.05) is 19.6 Å². The van der Waals surface area contributed by atoms with Gasteiger partial charge in [0.2, 0.25) is 5.91 Å². The summed E-state index contributed by atoms with van der Waals surface area (Å²) < 4.78 is 2.04. The first-order valence-corrected chi connectivity index (χ1v) is 12.1. The Balaban J connectivity index is 2.14. The molecule has 0 atom stereocenters. The van der Waals surface area contributed by atoms with Gasteiger partial charge in [-0.15, -0.1) is 0 Å². The molecule has 1 heterocycles. The van der Waals surface area contributed by atoms with E-state index in [1.807, 2.05) is 59.1 Å². The van der Waals surface area contributed by atoms with Gasteiger partial charge >= 0.3 is 0 Å². The van der Waals surface area contributed by atoms with Crippen LogP contribution in [0, 0.1) is 5.92 Å². The van der Waals surface area contributed by atoms with Gasteiger partial charge in [0.25, 0.3) is 5.91 Å². The van der Waals surface area contributed by atoms with Gasteiger partial charge in [-0.05, 0) is 55.0 Å². The van der Waals surface area contributed by atoms with Crippen molar-refractivity contribution in [2.24, 2.45) is 13.0 Å². The van der Waals surface area contributed by atoms with Crippen LogP contribution >= 0.6 is 0 Å². The van der Waals surface area contributed by atoms with E-state index in [2.05, 4.69) is 27.7 Å². The minimum absolute atomic E-state index is 0.00363. The summed E-state index contributed by atoms with van der Waals surface area (Å²) >= 11 is 0. The van der Waals surface area contributed by atoms with Crippen LogP contribution in [-0.2, 0) is 24.8 Å². The van der Waals surface area contributed by atoms with Crippen LogP contribution < -0.4 is 0 Å². The highest BCUT2D eigenvalue weighted by atomic mass is 16.2. The van der Waals surface area contributed by atoms with Crippen molar-refractivity contribution in [1.29, 1.82) is 0 Å². The number of unbranched alkanes of at least 4 members (excludes halogenated alkanes) is 2. The number of carbonyl (C=O) groups excluding carboxylic acids is 2. The van der Waals surface area contributed by atoms with E-state index in [-0.39, 0.29) is 18.4 Å². The lowest BCUT2D eigenvalue weighted by Crippen LogP contribution is -2.44. The third kappa shape index (κ3) is 7.85. The Morgan fingerprint density at radius 3 is 2.22 bits per heavy atom. The highest BCUT2D eigenvalue weighted by molar-refractivity contribution is 5.96. The fourth-order valence-electron chi connectivity index (χ4n) is 3.79. The lowest BCUT2D eigenvalue weighted by atomic mass is 10.1. The second-order valence-corrected chi connectivity index (χ2v) is 9.16. The zero-order chi connectivity index (χ0) is 23.5. The molecule has 32 heavy (non-hydrogen) atoms. The maximum Gasteiger partial charge on any atom is 0.254 e. The number of aromatic nitrogens is 1. The zero-order valence-corrected chi connectivity index (χ0v) is 20.6. The molecule has 1 aromatic carbocycles. The van der Waals surface area contributed by atoms with E-state index in [1.54, 1.807) is 4.90 Å². The summed E-state index contributed by atoms with van der Waals surface area (Å²) in [7, 11) is 1.99. The molecule has 2 rings (SSSR count). The van der Waals surface area contributed by atoms with Gasteiger partial charge in [0.05, 0.1) is 6.54 Å². The van der Waals surface area contributed by atoms with Gasteiger partial charge in [-0.3, -0.25) is 9.59 Å². The van der Waals surface area contributed by atoms with Crippen LogP contribution in [0.3, 0.4) is 0 Å². The van der Waals surface area contributed by atoms with Crippen molar-refractivity contribution in [3.63, 3.8) is 0 Å². The second-order valence-electron chi connectivity index (χ2n) is 9.16. The van der Waals surface area contributed by atoms with Crippen molar-refractivity contribution in [3.05, 3.63) is 59.4 Å². The standard InChI is InChI=1S/C27H41N3O2/c1-6-8-11-23-13-15-24(16-14-23)27(32)29(18-9-7-2)21-26(31)30(19-22(3)4)20-25-12-10-17-28(25)5/h10,12-17,22H,6-9,11,18-21H2,1-5H3. The number of hydrogen-bond donors (Lipinski definition) is 0. The molecule has 0 saturated carbocycles. The molecule has 0 spiro atoms. The molecule has 0 fully saturated rings. The minimum Gasteiger partial charge on any atom is -0.353 e. The first-order chi connectivity index (χ1) is 15.3. The molecule has 1 aromatic heterocycles. The van der Waals surface area contributed by atoms with Crippen molar-refractivity contribution in [1.82, 2.24) is 14.4 Å². The Labute approximate surface area is 194 Å². The zero-order valence-electron chi connectivity index (χ0n) is 20.6. The minimum atomic E-state index is -0.0581. The number of nitrogens with zero attached hydrogens (tertiary/aromatic N) is 3. The number of amides is 2. The normalized spacial score (nSPS) is 11.1. The molecule has 0 aliphatic rings. The van der Waals surface area contributed by atoms with Crippen LogP contribution in [0.25, 0.3) is 0 Å². The van der Waals surface area contributed by atoms with Crippen LogP contribution in [0.2, 0.25) is 0 Å². The molecule has 2 aromatic rings. The SMILES string of the molecule is CCCCc1ccc(C(=O)N(CCCC)CC(=O)N(Cc2cccn2C)CC(C)C)cc1. The van der Waals surface area contributed by atoms with Gasteiger partial charge in [-0.25, -0.2) is 0 Å². The maximum absolute atomic E-state index is 13.3. The summed E-state index contributed by atoms with van der Waals surface area (Å²) in [6.07, 6.45) is 7.20. The number of carbonyl (C=O) groups is 2. The summed E-state index contributed by atoms with van der Waals surface area (Å²) in [5.41, 5.74) is 3.00. The molecule has 0 unspecified atom stereocenters. The molecule has 0 radical (unpaired) electrons. The van der Waals surface area contributed by atoms with Gasteiger partial charge in [-0.1, -0.05) is 52.7 Å². The van der Waals surface area contributed by atoms with E-state index in [4.69, 9.17) is 0 Å². The highest BCUT2D eigenvalue weighted by Crippen LogP contribution is 2.13. The third-order valence-corrected chi connectivity index (χ3v) is 5.76. The largest absolute Gasteiger partial charge is 0.353 e. The van der Waals surface area contributed by atoms with E-state index in [1.165, 1.54) is 5.56 Å². The van der Waals surface area contributed by atoms with E-state index >= 15 is 0 Å². The summed E-state index contributed by atoms with van der Waals surface area (Å²) in [5.74, 6) is 0.302. The van der Waals surface area contributed by atoms with Crippen molar-refractivity contribution in [2.45, 2.75) is 66.3 Å². The van der Waals surface area contributed by atoms with Gasteiger partial charge in [-0.2, -0.15) is 0 Å². The topological polar surface area (TPSA) is 45.6 Å². The fraction of sp³-hybridized carbons (Fsp3) is 0.556. The molecule has 176 valence electrons. The van der Waals surface area contributed by atoms with E-state index in [0.717, 1.165) is 37.8 Å². The third-order valence-electron chi connectivity index (χ3n) is 5.76. The molecule has 0 saturated heterocycles. The average Bonchev–Trinajstić information content (AvgIpc) is 3.18. The Morgan fingerprint density at radius 2 is 1.66 bits per heavy atom. The number of rotatable bonds is 13.